The van der Waals surface area contributed by atoms with Gasteiger partial charge >= 0.3 is 0 Å². The van der Waals surface area contributed by atoms with E-state index in [9.17, 15) is 4.79 Å². The molecule has 0 saturated carbocycles. The third-order valence-corrected chi connectivity index (χ3v) is 5.57. The average molecular weight is 331 g/mol. The van der Waals surface area contributed by atoms with Gasteiger partial charge < -0.3 is 14.8 Å². The monoisotopic (exact) mass is 331 g/mol. The van der Waals surface area contributed by atoms with Crippen LogP contribution in [-0.2, 0) is 19.7 Å². The highest BCUT2D eigenvalue weighted by Crippen LogP contribution is 2.35. The van der Waals surface area contributed by atoms with E-state index in [1.54, 1.807) is 0 Å². The number of benzene rings is 1. The summed E-state index contributed by atoms with van der Waals surface area (Å²) < 4.78 is 11.3. The zero-order valence-corrected chi connectivity index (χ0v) is 14.9. The first kappa shape index (κ1) is 17.4. The first-order valence-corrected chi connectivity index (χ1v) is 9.07. The lowest BCUT2D eigenvalue weighted by Gasteiger charge is -2.38. The van der Waals surface area contributed by atoms with Crippen LogP contribution in [0.4, 0.5) is 0 Å². The van der Waals surface area contributed by atoms with E-state index >= 15 is 0 Å². The van der Waals surface area contributed by atoms with Gasteiger partial charge in [0, 0.05) is 31.8 Å². The highest BCUT2D eigenvalue weighted by atomic mass is 16.5. The van der Waals surface area contributed by atoms with Gasteiger partial charge in [-0.2, -0.15) is 0 Å². The van der Waals surface area contributed by atoms with E-state index in [4.69, 9.17) is 9.47 Å². The van der Waals surface area contributed by atoms with Gasteiger partial charge in [-0.05, 0) is 45.1 Å². The summed E-state index contributed by atoms with van der Waals surface area (Å²) in [5.74, 6) is 0.0948. The van der Waals surface area contributed by atoms with Gasteiger partial charge in [-0.15, -0.1) is 0 Å². The van der Waals surface area contributed by atoms with Crippen LogP contribution >= 0.6 is 0 Å². The highest BCUT2D eigenvalue weighted by Gasteiger charge is 2.36. The minimum Gasteiger partial charge on any atom is -0.381 e. The molecule has 0 bridgehead atoms. The second-order valence-corrected chi connectivity index (χ2v) is 7.61. The van der Waals surface area contributed by atoms with Crippen molar-refractivity contribution in [3.05, 3.63) is 35.4 Å². The first-order chi connectivity index (χ1) is 11.5. The Morgan fingerprint density at radius 1 is 1.12 bits per heavy atom. The quantitative estimate of drug-likeness (QED) is 0.902. The summed E-state index contributed by atoms with van der Waals surface area (Å²) in [4.78, 5) is 12.5. The summed E-state index contributed by atoms with van der Waals surface area (Å²) >= 11 is 0. The van der Waals surface area contributed by atoms with E-state index in [0.717, 1.165) is 45.5 Å². The van der Waals surface area contributed by atoms with Gasteiger partial charge in [0.25, 0.3) is 0 Å². The number of carbonyl (C=O) groups excluding carboxylic acids is 1. The van der Waals surface area contributed by atoms with Crippen LogP contribution in [0.2, 0.25) is 0 Å². The maximum Gasteiger partial charge on any atom is 0.222 e. The molecule has 4 heteroatoms. The number of rotatable bonds is 5. The maximum atomic E-state index is 12.5. The number of hydrogen-bond donors (Lipinski definition) is 1. The predicted molar refractivity (Wildman–Crippen MR) is 94.1 cm³/mol. The van der Waals surface area contributed by atoms with Crippen molar-refractivity contribution < 1.29 is 14.3 Å². The lowest BCUT2D eigenvalue weighted by Crippen LogP contribution is -2.46. The van der Waals surface area contributed by atoms with Crippen molar-refractivity contribution in [3.8, 4) is 0 Å². The van der Waals surface area contributed by atoms with Gasteiger partial charge in [-0.3, -0.25) is 4.79 Å². The van der Waals surface area contributed by atoms with Crippen molar-refractivity contribution in [1.29, 1.82) is 0 Å². The molecule has 0 aliphatic carbocycles. The Morgan fingerprint density at radius 3 is 2.46 bits per heavy atom. The summed E-state index contributed by atoms with van der Waals surface area (Å²) in [6, 6.07) is 8.71. The zero-order chi connectivity index (χ0) is 17.0. The number of amides is 1. The van der Waals surface area contributed by atoms with Crippen molar-refractivity contribution >= 4 is 5.91 Å². The van der Waals surface area contributed by atoms with Crippen LogP contribution < -0.4 is 5.32 Å². The van der Waals surface area contributed by atoms with Crippen molar-refractivity contribution in [2.45, 2.75) is 57.0 Å². The molecule has 0 aromatic heterocycles. The predicted octanol–water partition coefficient (Wildman–Crippen LogP) is 3.12. The van der Waals surface area contributed by atoms with E-state index in [0.29, 0.717) is 13.0 Å². The first-order valence-electron chi connectivity index (χ1n) is 9.07. The van der Waals surface area contributed by atoms with Crippen LogP contribution in [0.5, 0.6) is 0 Å². The molecule has 1 unspecified atom stereocenters. The van der Waals surface area contributed by atoms with E-state index < -0.39 is 0 Å². The average Bonchev–Trinajstić information content (AvgIpc) is 3.00. The van der Waals surface area contributed by atoms with Gasteiger partial charge in [0.15, 0.2) is 0 Å². The molecular formula is C20H29NO3. The second kappa shape index (κ2) is 7.24. The maximum absolute atomic E-state index is 12.5. The van der Waals surface area contributed by atoms with Crippen molar-refractivity contribution in [3.63, 3.8) is 0 Å². The van der Waals surface area contributed by atoms with E-state index in [1.165, 1.54) is 11.1 Å². The topological polar surface area (TPSA) is 47.6 Å². The van der Waals surface area contributed by atoms with Gasteiger partial charge in [0.2, 0.25) is 5.91 Å². The SMILES string of the molecule is Cc1ccc(C2(CNC(=O)CC3(C)CCCO3)CCOCC2)cc1. The third-order valence-electron chi connectivity index (χ3n) is 5.57. The fraction of sp³-hybridized carbons (Fsp3) is 0.650. The Kier molecular flexibility index (Phi) is 5.26. The molecule has 1 amide bonds. The van der Waals surface area contributed by atoms with E-state index in [-0.39, 0.29) is 16.9 Å². The molecule has 2 aliphatic heterocycles. The molecule has 2 saturated heterocycles. The summed E-state index contributed by atoms with van der Waals surface area (Å²) in [6.45, 7) is 7.10. The molecule has 3 rings (SSSR count). The summed E-state index contributed by atoms with van der Waals surface area (Å²) in [5.41, 5.74) is 2.27. The molecule has 132 valence electrons. The Bertz CT molecular complexity index is 555. The zero-order valence-electron chi connectivity index (χ0n) is 14.9. The number of aryl methyl sites for hydroxylation is 1. The number of ether oxygens (including phenoxy) is 2. The minimum absolute atomic E-state index is 0.0148. The Labute approximate surface area is 144 Å². The van der Waals surface area contributed by atoms with Gasteiger partial charge in [0.1, 0.15) is 0 Å². The summed E-state index contributed by atoms with van der Waals surface area (Å²) in [5, 5.41) is 3.18. The van der Waals surface area contributed by atoms with Crippen LogP contribution in [0.3, 0.4) is 0 Å². The lowest BCUT2D eigenvalue weighted by atomic mass is 9.74. The molecule has 2 heterocycles. The molecule has 24 heavy (non-hydrogen) atoms. The number of carbonyl (C=O) groups is 1. The van der Waals surface area contributed by atoms with E-state index in [2.05, 4.69) is 36.5 Å². The third kappa shape index (κ3) is 3.98. The Morgan fingerprint density at radius 2 is 1.83 bits per heavy atom. The summed E-state index contributed by atoms with van der Waals surface area (Å²) in [6.07, 6.45) is 4.37. The molecular weight excluding hydrogens is 302 g/mol. The molecule has 1 aromatic carbocycles. The number of hydrogen-bond acceptors (Lipinski definition) is 3. The molecule has 2 fully saturated rings. The van der Waals surface area contributed by atoms with Crippen molar-refractivity contribution in [2.24, 2.45) is 0 Å². The lowest BCUT2D eigenvalue weighted by molar-refractivity contribution is -0.126. The molecule has 0 radical (unpaired) electrons. The number of nitrogens with one attached hydrogen (secondary N) is 1. The summed E-state index contributed by atoms with van der Waals surface area (Å²) in [7, 11) is 0. The van der Waals surface area contributed by atoms with Gasteiger partial charge in [-0.1, -0.05) is 29.8 Å². The highest BCUT2D eigenvalue weighted by molar-refractivity contribution is 5.77. The Hall–Kier alpha value is -1.39. The van der Waals surface area contributed by atoms with Crippen molar-refractivity contribution in [2.75, 3.05) is 26.4 Å². The largest absolute Gasteiger partial charge is 0.381 e. The smallest absolute Gasteiger partial charge is 0.222 e. The minimum atomic E-state index is -0.281. The van der Waals surface area contributed by atoms with Crippen LogP contribution in [0.15, 0.2) is 24.3 Å². The molecule has 1 aromatic rings. The van der Waals surface area contributed by atoms with E-state index in [1.807, 2.05) is 6.92 Å². The second-order valence-electron chi connectivity index (χ2n) is 7.61. The fourth-order valence-corrected chi connectivity index (χ4v) is 3.88. The molecule has 1 N–H and O–H groups in total. The van der Waals surface area contributed by atoms with Gasteiger partial charge in [-0.25, -0.2) is 0 Å². The Balaban J connectivity index is 1.66. The molecule has 0 spiro atoms. The molecule has 2 aliphatic rings. The van der Waals surface area contributed by atoms with Crippen LogP contribution in [0.1, 0.15) is 50.2 Å². The fourth-order valence-electron chi connectivity index (χ4n) is 3.88. The van der Waals surface area contributed by atoms with Crippen LogP contribution in [0.25, 0.3) is 0 Å². The van der Waals surface area contributed by atoms with Crippen LogP contribution in [0, 0.1) is 6.92 Å². The molecule has 4 nitrogen and oxygen atoms in total. The molecule has 1 atom stereocenters. The van der Waals surface area contributed by atoms with Crippen molar-refractivity contribution in [1.82, 2.24) is 5.32 Å². The van der Waals surface area contributed by atoms with Crippen LogP contribution in [-0.4, -0.2) is 37.9 Å². The standard InChI is InChI=1S/C20H29NO3/c1-16-4-6-17(7-5-16)20(9-12-23-13-10-20)15-21-18(22)14-19(2)8-3-11-24-19/h4-7H,3,8-15H2,1-2H3,(H,21,22). The van der Waals surface area contributed by atoms with Gasteiger partial charge in [0.05, 0.1) is 12.0 Å². The normalized spacial score (nSPS) is 26.2.